The molecule has 0 aliphatic rings. The van der Waals surface area contributed by atoms with Crippen LogP contribution in [0.3, 0.4) is 0 Å². The van der Waals surface area contributed by atoms with Crippen molar-refractivity contribution >= 4 is 0 Å². The molecule has 0 amide bonds. The lowest BCUT2D eigenvalue weighted by atomic mass is 10.2. The number of H-pyrrole nitrogens is 1. The fraction of sp³-hybridized carbons (Fsp3) is 0.231. The topological polar surface area (TPSA) is 61.6 Å². The lowest BCUT2D eigenvalue weighted by molar-refractivity contribution is 0.819. The minimum absolute atomic E-state index is 0.0584. The largest absolute Gasteiger partial charge is 0.295 e. The molecule has 0 saturated carbocycles. The molecule has 0 aliphatic heterocycles. The molecule has 0 saturated heterocycles. The minimum atomic E-state index is -0.0584. The Hall–Kier alpha value is -2.28. The van der Waals surface area contributed by atoms with Crippen LogP contribution in [-0.2, 0) is 6.42 Å². The molecule has 0 unspecified atom stereocenters. The van der Waals surface area contributed by atoms with E-state index in [0.717, 1.165) is 17.7 Å². The smallest absolute Gasteiger partial charge is 0.274 e. The molecule has 1 aromatic heterocycles. The number of rotatable bonds is 2. The second kappa shape index (κ2) is 4.30. The van der Waals surface area contributed by atoms with Crippen LogP contribution in [0, 0.1) is 18.3 Å². The van der Waals surface area contributed by atoms with Gasteiger partial charge in [0.1, 0.15) is 0 Å². The van der Waals surface area contributed by atoms with Crippen LogP contribution in [0.25, 0.3) is 5.69 Å². The summed E-state index contributed by atoms with van der Waals surface area (Å²) < 4.78 is 1.48. The van der Waals surface area contributed by atoms with Crippen molar-refractivity contribution in [1.82, 2.24) is 9.78 Å². The lowest BCUT2D eigenvalue weighted by Gasteiger charge is -2.01. The molecule has 0 atom stereocenters. The summed E-state index contributed by atoms with van der Waals surface area (Å²) in [5, 5.41) is 11.9. The van der Waals surface area contributed by atoms with Crippen molar-refractivity contribution in [2.45, 2.75) is 20.3 Å². The van der Waals surface area contributed by atoms with Gasteiger partial charge in [0.25, 0.3) is 5.56 Å². The standard InChI is InChI=1S/C13H13N3O/c1-3-12-9(2)13(17)16(15-12)11-6-4-5-10(7-11)8-14/h4-7,15H,3H2,1-2H3. The van der Waals surface area contributed by atoms with E-state index in [1.54, 1.807) is 24.3 Å². The van der Waals surface area contributed by atoms with Crippen molar-refractivity contribution in [3.8, 4) is 11.8 Å². The molecule has 1 aromatic carbocycles. The van der Waals surface area contributed by atoms with Crippen LogP contribution < -0.4 is 5.56 Å². The van der Waals surface area contributed by atoms with Crippen molar-refractivity contribution in [2.75, 3.05) is 0 Å². The van der Waals surface area contributed by atoms with E-state index in [2.05, 4.69) is 11.2 Å². The van der Waals surface area contributed by atoms with Crippen LogP contribution in [0.1, 0.15) is 23.7 Å². The molecule has 17 heavy (non-hydrogen) atoms. The van der Waals surface area contributed by atoms with E-state index in [1.165, 1.54) is 4.68 Å². The molecular weight excluding hydrogens is 214 g/mol. The zero-order valence-corrected chi connectivity index (χ0v) is 9.82. The predicted molar refractivity (Wildman–Crippen MR) is 65.2 cm³/mol. The van der Waals surface area contributed by atoms with E-state index in [1.807, 2.05) is 13.8 Å². The van der Waals surface area contributed by atoms with Gasteiger partial charge in [-0.1, -0.05) is 13.0 Å². The zero-order valence-electron chi connectivity index (χ0n) is 9.82. The Kier molecular flexibility index (Phi) is 2.84. The number of nitrogens with zero attached hydrogens (tertiary/aromatic N) is 2. The molecule has 0 radical (unpaired) electrons. The molecule has 1 heterocycles. The maximum Gasteiger partial charge on any atom is 0.274 e. The van der Waals surface area contributed by atoms with Crippen LogP contribution in [0.5, 0.6) is 0 Å². The number of hydrogen-bond acceptors (Lipinski definition) is 2. The quantitative estimate of drug-likeness (QED) is 0.851. The molecule has 0 aliphatic carbocycles. The average molecular weight is 227 g/mol. The molecule has 0 spiro atoms. The minimum Gasteiger partial charge on any atom is -0.295 e. The molecule has 0 bridgehead atoms. The van der Waals surface area contributed by atoms with Gasteiger partial charge in [-0.05, 0) is 31.5 Å². The summed E-state index contributed by atoms with van der Waals surface area (Å²) in [6.07, 6.45) is 0.784. The van der Waals surface area contributed by atoms with E-state index < -0.39 is 0 Å². The third-order valence-electron chi connectivity index (χ3n) is 2.81. The van der Waals surface area contributed by atoms with Crippen LogP contribution in [0.2, 0.25) is 0 Å². The van der Waals surface area contributed by atoms with Crippen molar-refractivity contribution < 1.29 is 0 Å². The van der Waals surface area contributed by atoms with Crippen LogP contribution in [0.4, 0.5) is 0 Å². The number of hydrogen-bond donors (Lipinski definition) is 1. The molecule has 0 fully saturated rings. The number of aryl methyl sites for hydroxylation is 1. The van der Waals surface area contributed by atoms with Gasteiger partial charge in [-0.3, -0.25) is 9.89 Å². The molecule has 2 aromatic rings. The van der Waals surface area contributed by atoms with Gasteiger partial charge in [0.2, 0.25) is 0 Å². The first-order valence-corrected chi connectivity index (χ1v) is 5.48. The first kappa shape index (κ1) is 11.2. The second-order valence-corrected chi connectivity index (χ2v) is 3.87. The Morgan fingerprint density at radius 2 is 2.24 bits per heavy atom. The monoisotopic (exact) mass is 227 g/mol. The van der Waals surface area contributed by atoms with E-state index in [9.17, 15) is 4.79 Å². The summed E-state index contributed by atoms with van der Waals surface area (Å²) >= 11 is 0. The highest BCUT2D eigenvalue weighted by Gasteiger charge is 2.09. The third kappa shape index (κ3) is 1.87. The van der Waals surface area contributed by atoms with Crippen LogP contribution in [0.15, 0.2) is 29.1 Å². The summed E-state index contributed by atoms with van der Waals surface area (Å²) in [5.74, 6) is 0. The number of aromatic amines is 1. The molecule has 1 N–H and O–H groups in total. The number of nitriles is 1. The third-order valence-corrected chi connectivity index (χ3v) is 2.81. The van der Waals surface area contributed by atoms with E-state index in [4.69, 9.17) is 5.26 Å². The van der Waals surface area contributed by atoms with Gasteiger partial charge in [0, 0.05) is 11.3 Å². The average Bonchev–Trinajstić information content (AvgIpc) is 2.66. The van der Waals surface area contributed by atoms with Gasteiger partial charge < -0.3 is 0 Å². The summed E-state index contributed by atoms with van der Waals surface area (Å²) in [4.78, 5) is 12.0. The van der Waals surface area contributed by atoms with Crippen LogP contribution >= 0.6 is 0 Å². The maximum absolute atomic E-state index is 12.0. The van der Waals surface area contributed by atoms with Crippen molar-refractivity contribution in [3.63, 3.8) is 0 Å². The lowest BCUT2D eigenvalue weighted by Crippen LogP contribution is -2.15. The summed E-state index contributed by atoms with van der Waals surface area (Å²) in [6, 6.07) is 9.04. The van der Waals surface area contributed by atoms with Gasteiger partial charge >= 0.3 is 0 Å². The fourth-order valence-electron chi connectivity index (χ4n) is 1.81. The Morgan fingerprint density at radius 3 is 2.82 bits per heavy atom. The van der Waals surface area contributed by atoms with Gasteiger partial charge in [0.05, 0.1) is 17.3 Å². The van der Waals surface area contributed by atoms with E-state index >= 15 is 0 Å². The summed E-state index contributed by atoms with van der Waals surface area (Å²) in [5.41, 5.74) is 2.83. The van der Waals surface area contributed by atoms with Gasteiger partial charge in [-0.2, -0.15) is 5.26 Å². The zero-order chi connectivity index (χ0) is 12.4. The van der Waals surface area contributed by atoms with Crippen molar-refractivity contribution in [3.05, 3.63) is 51.4 Å². The Balaban J connectivity index is 2.61. The van der Waals surface area contributed by atoms with Gasteiger partial charge in [-0.15, -0.1) is 0 Å². The van der Waals surface area contributed by atoms with E-state index in [-0.39, 0.29) is 5.56 Å². The summed E-state index contributed by atoms with van der Waals surface area (Å²) in [7, 11) is 0. The summed E-state index contributed by atoms with van der Waals surface area (Å²) in [6.45, 7) is 3.80. The molecular formula is C13H13N3O. The number of nitrogens with one attached hydrogen (secondary N) is 1. The predicted octanol–water partition coefficient (Wildman–Crippen LogP) is 1.91. The fourth-order valence-corrected chi connectivity index (χ4v) is 1.81. The Bertz CT molecular complexity index is 643. The SMILES string of the molecule is CCc1[nH]n(-c2cccc(C#N)c2)c(=O)c1C. The molecule has 2 rings (SSSR count). The molecule has 86 valence electrons. The first-order chi connectivity index (χ1) is 8.17. The first-order valence-electron chi connectivity index (χ1n) is 5.48. The molecule has 4 nitrogen and oxygen atoms in total. The number of aromatic nitrogens is 2. The number of benzene rings is 1. The van der Waals surface area contributed by atoms with Gasteiger partial charge in [0.15, 0.2) is 0 Å². The van der Waals surface area contributed by atoms with Gasteiger partial charge in [-0.25, -0.2) is 4.68 Å². The maximum atomic E-state index is 12.0. The highest BCUT2D eigenvalue weighted by Crippen LogP contribution is 2.09. The van der Waals surface area contributed by atoms with Crippen molar-refractivity contribution in [2.24, 2.45) is 0 Å². The van der Waals surface area contributed by atoms with E-state index in [0.29, 0.717) is 11.3 Å². The van der Waals surface area contributed by atoms with Crippen LogP contribution in [-0.4, -0.2) is 9.78 Å². The Morgan fingerprint density at radius 1 is 1.47 bits per heavy atom. The molecule has 4 heteroatoms. The van der Waals surface area contributed by atoms with Crippen molar-refractivity contribution in [1.29, 1.82) is 5.26 Å². The second-order valence-electron chi connectivity index (χ2n) is 3.87. The normalized spacial score (nSPS) is 10.2. The highest BCUT2D eigenvalue weighted by atomic mass is 16.1. The highest BCUT2D eigenvalue weighted by molar-refractivity contribution is 5.41. The Labute approximate surface area is 99.1 Å².